The number of aryl methyl sites for hydroxylation is 2. The summed E-state index contributed by atoms with van der Waals surface area (Å²) in [4.78, 5) is 24.3. The lowest BCUT2D eigenvalue weighted by Gasteiger charge is -2.11. The molecule has 126 valence electrons. The molecule has 0 unspecified atom stereocenters. The van der Waals surface area contributed by atoms with Crippen LogP contribution in [0.15, 0.2) is 42.5 Å². The number of anilines is 1. The summed E-state index contributed by atoms with van der Waals surface area (Å²) in [6.07, 6.45) is 0. The Morgan fingerprint density at radius 2 is 1.46 bits per heavy atom. The molecular formula is C19H22N2O3. The standard InChI is InChI=1S/C19H22N2O3/c1-13-5-4-6-14(2)17(13)21-19(23)16-9-7-15(8-10-16)18(22)20-11-12-24-3/h4-10H,11-12H2,1-3H3,(H,20,22)(H,21,23). The van der Waals surface area contributed by atoms with Crippen LogP contribution in [0.5, 0.6) is 0 Å². The van der Waals surface area contributed by atoms with E-state index in [-0.39, 0.29) is 11.8 Å². The van der Waals surface area contributed by atoms with Crippen molar-refractivity contribution in [2.45, 2.75) is 13.8 Å². The highest BCUT2D eigenvalue weighted by molar-refractivity contribution is 6.05. The molecule has 0 saturated carbocycles. The summed E-state index contributed by atoms with van der Waals surface area (Å²) in [5.74, 6) is -0.382. The van der Waals surface area contributed by atoms with Crippen LogP contribution in [0.2, 0.25) is 0 Å². The predicted molar refractivity (Wildman–Crippen MR) is 94.5 cm³/mol. The molecule has 0 aliphatic rings. The smallest absolute Gasteiger partial charge is 0.255 e. The molecule has 0 aliphatic heterocycles. The van der Waals surface area contributed by atoms with Gasteiger partial charge in [-0.3, -0.25) is 9.59 Å². The van der Waals surface area contributed by atoms with Gasteiger partial charge in [0.1, 0.15) is 0 Å². The SMILES string of the molecule is COCCNC(=O)c1ccc(C(=O)Nc2c(C)cccc2C)cc1. The molecular weight excluding hydrogens is 304 g/mol. The maximum absolute atomic E-state index is 12.4. The highest BCUT2D eigenvalue weighted by atomic mass is 16.5. The quantitative estimate of drug-likeness (QED) is 0.802. The first-order valence-corrected chi connectivity index (χ1v) is 7.77. The third kappa shape index (κ3) is 4.43. The van der Waals surface area contributed by atoms with Crippen molar-refractivity contribution in [3.05, 3.63) is 64.7 Å². The van der Waals surface area contributed by atoms with Crippen LogP contribution in [0, 0.1) is 13.8 Å². The third-order valence-corrected chi connectivity index (χ3v) is 3.72. The number of para-hydroxylation sites is 1. The first kappa shape index (κ1) is 17.7. The Morgan fingerprint density at radius 3 is 2.00 bits per heavy atom. The van der Waals surface area contributed by atoms with Gasteiger partial charge in [0.25, 0.3) is 11.8 Å². The van der Waals surface area contributed by atoms with Crippen LogP contribution in [-0.2, 0) is 4.74 Å². The molecule has 2 N–H and O–H groups in total. The van der Waals surface area contributed by atoms with E-state index in [9.17, 15) is 9.59 Å². The van der Waals surface area contributed by atoms with Crippen LogP contribution in [0.4, 0.5) is 5.69 Å². The van der Waals surface area contributed by atoms with E-state index < -0.39 is 0 Å². The lowest BCUT2D eigenvalue weighted by Crippen LogP contribution is -2.27. The maximum atomic E-state index is 12.4. The Hall–Kier alpha value is -2.66. The first-order chi connectivity index (χ1) is 11.5. The summed E-state index contributed by atoms with van der Waals surface area (Å²) in [5, 5.41) is 5.67. The lowest BCUT2D eigenvalue weighted by atomic mass is 10.1. The minimum absolute atomic E-state index is 0.186. The second-order valence-electron chi connectivity index (χ2n) is 5.55. The zero-order valence-corrected chi connectivity index (χ0v) is 14.2. The van der Waals surface area contributed by atoms with E-state index in [1.165, 1.54) is 0 Å². The van der Waals surface area contributed by atoms with E-state index >= 15 is 0 Å². The molecule has 0 saturated heterocycles. The van der Waals surface area contributed by atoms with E-state index in [1.54, 1.807) is 31.4 Å². The van der Waals surface area contributed by atoms with Crippen molar-refractivity contribution < 1.29 is 14.3 Å². The molecule has 2 aromatic rings. The summed E-state index contributed by atoms with van der Waals surface area (Å²) in [6, 6.07) is 12.4. The number of rotatable bonds is 6. The number of benzene rings is 2. The predicted octanol–water partition coefficient (Wildman–Crippen LogP) is 2.93. The molecule has 2 rings (SSSR count). The highest BCUT2D eigenvalue weighted by Crippen LogP contribution is 2.20. The van der Waals surface area contributed by atoms with Gasteiger partial charge in [0, 0.05) is 30.5 Å². The number of amides is 2. The van der Waals surface area contributed by atoms with Gasteiger partial charge >= 0.3 is 0 Å². The van der Waals surface area contributed by atoms with Crippen molar-refractivity contribution in [3.8, 4) is 0 Å². The fourth-order valence-corrected chi connectivity index (χ4v) is 2.34. The van der Waals surface area contributed by atoms with Gasteiger partial charge in [0.2, 0.25) is 0 Å². The lowest BCUT2D eigenvalue weighted by molar-refractivity contribution is 0.0935. The molecule has 0 fully saturated rings. The Balaban J connectivity index is 2.05. The Bertz CT molecular complexity index is 704. The largest absolute Gasteiger partial charge is 0.383 e. The van der Waals surface area contributed by atoms with E-state index in [1.807, 2.05) is 32.0 Å². The Morgan fingerprint density at radius 1 is 0.917 bits per heavy atom. The van der Waals surface area contributed by atoms with Crippen molar-refractivity contribution in [1.29, 1.82) is 0 Å². The van der Waals surface area contributed by atoms with E-state index in [0.29, 0.717) is 24.3 Å². The molecule has 5 nitrogen and oxygen atoms in total. The summed E-state index contributed by atoms with van der Waals surface area (Å²) in [6.45, 7) is 4.82. The monoisotopic (exact) mass is 326 g/mol. The molecule has 0 bridgehead atoms. The summed E-state index contributed by atoms with van der Waals surface area (Å²) < 4.78 is 4.89. The average molecular weight is 326 g/mol. The van der Waals surface area contributed by atoms with Crippen molar-refractivity contribution in [1.82, 2.24) is 5.32 Å². The van der Waals surface area contributed by atoms with Gasteiger partial charge in [-0.1, -0.05) is 18.2 Å². The van der Waals surface area contributed by atoms with Gasteiger partial charge in [0.15, 0.2) is 0 Å². The van der Waals surface area contributed by atoms with Crippen molar-refractivity contribution in [2.24, 2.45) is 0 Å². The molecule has 24 heavy (non-hydrogen) atoms. The number of carbonyl (C=O) groups is 2. The third-order valence-electron chi connectivity index (χ3n) is 3.72. The molecule has 0 aromatic heterocycles. The summed E-state index contributed by atoms with van der Waals surface area (Å²) in [5.41, 5.74) is 3.86. The van der Waals surface area contributed by atoms with Gasteiger partial charge in [-0.2, -0.15) is 0 Å². The second-order valence-corrected chi connectivity index (χ2v) is 5.55. The van der Waals surface area contributed by atoms with E-state index in [0.717, 1.165) is 16.8 Å². The number of hydrogen-bond acceptors (Lipinski definition) is 3. The molecule has 0 atom stereocenters. The number of methoxy groups -OCH3 is 1. The van der Waals surface area contributed by atoms with E-state index in [2.05, 4.69) is 10.6 Å². The number of nitrogens with one attached hydrogen (secondary N) is 2. The minimum Gasteiger partial charge on any atom is -0.383 e. The molecule has 2 amide bonds. The maximum Gasteiger partial charge on any atom is 0.255 e. The zero-order chi connectivity index (χ0) is 17.5. The molecule has 2 aromatic carbocycles. The van der Waals surface area contributed by atoms with Crippen LogP contribution in [0.1, 0.15) is 31.8 Å². The van der Waals surface area contributed by atoms with Crippen molar-refractivity contribution in [3.63, 3.8) is 0 Å². The van der Waals surface area contributed by atoms with Gasteiger partial charge in [0.05, 0.1) is 6.61 Å². The van der Waals surface area contributed by atoms with Crippen LogP contribution in [-0.4, -0.2) is 32.1 Å². The average Bonchev–Trinajstić information content (AvgIpc) is 2.58. The molecule has 0 aliphatic carbocycles. The number of ether oxygens (including phenoxy) is 1. The van der Waals surface area contributed by atoms with Gasteiger partial charge in [-0.05, 0) is 49.2 Å². The topological polar surface area (TPSA) is 67.4 Å². The fourth-order valence-electron chi connectivity index (χ4n) is 2.34. The normalized spacial score (nSPS) is 10.3. The molecule has 0 spiro atoms. The number of carbonyl (C=O) groups excluding carboxylic acids is 2. The Kier molecular flexibility index (Phi) is 6.09. The first-order valence-electron chi connectivity index (χ1n) is 7.77. The molecule has 0 radical (unpaired) electrons. The summed E-state index contributed by atoms with van der Waals surface area (Å²) >= 11 is 0. The van der Waals surface area contributed by atoms with Gasteiger partial charge < -0.3 is 15.4 Å². The van der Waals surface area contributed by atoms with Crippen LogP contribution in [0.25, 0.3) is 0 Å². The van der Waals surface area contributed by atoms with Crippen LogP contribution < -0.4 is 10.6 Å². The Labute approximate surface area is 142 Å². The van der Waals surface area contributed by atoms with Crippen molar-refractivity contribution >= 4 is 17.5 Å². The highest BCUT2D eigenvalue weighted by Gasteiger charge is 2.11. The van der Waals surface area contributed by atoms with Crippen LogP contribution >= 0.6 is 0 Å². The molecule has 5 heteroatoms. The van der Waals surface area contributed by atoms with Crippen molar-refractivity contribution in [2.75, 3.05) is 25.6 Å². The fraction of sp³-hybridized carbons (Fsp3) is 0.263. The van der Waals surface area contributed by atoms with Gasteiger partial charge in [-0.25, -0.2) is 0 Å². The van der Waals surface area contributed by atoms with Gasteiger partial charge in [-0.15, -0.1) is 0 Å². The molecule has 0 heterocycles. The second kappa shape index (κ2) is 8.26. The van der Waals surface area contributed by atoms with E-state index in [4.69, 9.17) is 4.74 Å². The summed E-state index contributed by atoms with van der Waals surface area (Å²) in [7, 11) is 1.58. The zero-order valence-electron chi connectivity index (χ0n) is 14.2. The van der Waals surface area contributed by atoms with Crippen LogP contribution in [0.3, 0.4) is 0 Å². The minimum atomic E-state index is -0.196. The number of hydrogen-bond donors (Lipinski definition) is 2.